The summed E-state index contributed by atoms with van der Waals surface area (Å²) in [6.45, 7) is 4.77. The van der Waals surface area contributed by atoms with E-state index in [0.29, 0.717) is 35.2 Å². The normalized spacial score (nSPS) is 10.9. The van der Waals surface area contributed by atoms with Crippen molar-refractivity contribution in [3.8, 4) is 0 Å². The molecule has 0 aliphatic rings. The van der Waals surface area contributed by atoms with Gasteiger partial charge in [0.1, 0.15) is 5.58 Å². The fraction of sp³-hybridized carbons (Fsp3) is 0.316. The number of fused-ring (bicyclic) bond motifs is 1. The monoisotopic (exact) mass is 388 g/mol. The first-order valence-electron chi connectivity index (χ1n) is 8.61. The zero-order valence-electron chi connectivity index (χ0n) is 15.1. The maximum absolute atomic E-state index is 12.7. The third kappa shape index (κ3) is 4.53. The number of esters is 1. The van der Waals surface area contributed by atoms with Crippen molar-refractivity contribution in [3.05, 3.63) is 46.7 Å². The number of rotatable bonds is 8. The lowest BCUT2D eigenvalue weighted by Gasteiger charge is -2.03. The van der Waals surface area contributed by atoms with E-state index >= 15 is 0 Å². The number of aromatic nitrogens is 1. The summed E-state index contributed by atoms with van der Waals surface area (Å²) in [6.07, 6.45) is 0.0699. The van der Waals surface area contributed by atoms with Crippen LogP contribution in [0, 0.1) is 0 Å². The third-order valence-corrected chi connectivity index (χ3v) is 4.56. The van der Waals surface area contributed by atoms with E-state index in [1.807, 2.05) is 31.2 Å². The fourth-order valence-corrected chi connectivity index (χ4v) is 3.29. The van der Waals surface area contributed by atoms with Crippen molar-refractivity contribution in [2.75, 3.05) is 18.5 Å². The highest BCUT2D eigenvalue weighted by Crippen LogP contribution is 2.28. The number of amides is 1. The van der Waals surface area contributed by atoms with E-state index in [-0.39, 0.29) is 24.8 Å². The van der Waals surface area contributed by atoms with Gasteiger partial charge in [0.25, 0.3) is 5.91 Å². The van der Waals surface area contributed by atoms with E-state index in [4.69, 9.17) is 13.9 Å². The van der Waals surface area contributed by atoms with Crippen LogP contribution in [0.5, 0.6) is 0 Å². The van der Waals surface area contributed by atoms with Gasteiger partial charge in [0.2, 0.25) is 0 Å². The van der Waals surface area contributed by atoms with Crippen molar-refractivity contribution < 1.29 is 23.5 Å². The van der Waals surface area contributed by atoms with Crippen LogP contribution in [0.3, 0.4) is 0 Å². The molecule has 1 N–H and O–H groups in total. The van der Waals surface area contributed by atoms with Crippen LogP contribution in [-0.4, -0.2) is 30.1 Å². The fourth-order valence-electron chi connectivity index (χ4n) is 2.59. The van der Waals surface area contributed by atoms with Crippen LogP contribution in [0.15, 0.2) is 34.1 Å². The molecule has 142 valence electrons. The molecule has 0 fully saturated rings. The number of hydrogen-bond acceptors (Lipinski definition) is 7. The van der Waals surface area contributed by atoms with Crippen molar-refractivity contribution in [2.45, 2.75) is 26.9 Å². The van der Waals surface area contributed by atoms with Gasteiger partial charge >= 0.3 is 5.97 Å². The van der Waals surface area contributed by atoms with Gasteiger partial charge in [0.15, 0.2) is 10.9 Å². The van der Waals surface area contributed by atoms with Gasteiger partial charge in [0, 0.05) is 22.9 Å². The molecule has 0 aliphatic heterocycles. The first-order valence-corrected chi connectivity index (χ1v) is 9.49. The van der Waals surface area contributed by atoms with Gasteiger partial charge in [-0.15, -0.1) is 11.3 Å². The molecule has 0 unspecified atom stereocenters. The number of thiazole rings is 1. The van der Waals surface area contributed by atoms with Crippen LogP contribution in [0.2, 0.25) is 0 Å². The molecule has 1 amide bonds. The Balaban J connectivity index is 1.78. The Bertz CT molecular complexity index is 947. The van der Waals surface area contributed by atoms with E-state index in [1.54, 1.807) is 12.3 Å². The molecule has 27 heavy (non-hydrogen) atoms. The van der Waals surface area contributed by atoms with Gasteiger partial charge in [-0.3, -0.25) is 14.9 Å². The van der Waals surface area contributed by atoms with Gasteiger partial charge in [-0.2, -0.15) is 0 Å². The Morgan fingerprint density at radius 1 is 1.22 bits per heavy atom. The molecule has 0 saturated carbocycles. The molecule has 0 bridgehead atoms. The molecule has 0 radical (unpaired) electrons. The summed E-state index contributed by atoms with van der Waals surface area (Å²) >= 11 is 1.24. The maximum atomic E-state index is 12.7. The smallest absolute Gasteiger partial charge is 0.311 e. The van der Waals surface area contributed by atoms with Crippen LogP contribution < -0.4 is 5.32 Å². The number of ether oxygens (including phenoxy) is 2. The molecule has 0 spiro atoms. The van der Waals surface area contributed by atoms with Crippen LogP contribution in [0.1, 0.15) is 35.7 Å². The number of carbonyl (C=O) groups excluding carboxylic acids is 2. The number of furan rings is 1. The standard InChI is InChI=1S/C19H20N2O5S/c1-3-24-10-14-13-7-5-6-8-15(13)26-17(14)18(23)21-19-20-12(11-27-19)9-16(22)25-4-2/h5-8,11H,3-4,9-10H2,1-2H3,(H,20,21,23). The maximum Gasteiger partial charge on any atom is 0.311 e. The number of anilines is 1. The Hall–Kier alpha value is -2.71. The van der Waals surface area contributed by atoms with E-state index in [1.165, 1.54) is 11.3 Å². The molecule has 7 nitrogen and oxygen atoms in total. The van der Waals surface area contributed by atoms with Crippen LogP contribution in [-0.2, 0) is 27.3 Å². The first kappa shape index (κ1) is 19.1. The minimum Gasteiger partial charge on any atom is -0.466 e. The molecule has 8 heteroatoms. The molecular weight excluding hydrogens is 368 g/mol. The van der Waals surface area contributed by atoms with Gasteiger partial charge < -0.3 is 13.9 Å². The predicted octanol–water partition coefficient (Wildman–Crippen LogP) is 3.78. The van der Waals surface area contributed by atoms with E-state index in [2.05, 4.69) is 10.3 Å². The lowest BCUT2D eigenvalue weighted by atomic mass is 10.1. The second kappa shape index (κ2) is 8.79. The summed E-state index contributed by atoms with van der Waals surface area (Å²) < 4.78 is 16.1. The lowest BCUT2D eigenvalue weighted by molar-refractivity contribution is -0.142. The number of para-hydroxylation sites is 1. The summed E-state index contributed by atoms with van der Waals surface area (Å²) in [5.74, 6) is -0.554. The van der Waals surface area contributed by atoms with Crippen molar-refractivity contribution in [2.24, 2.45) is 0 Å². The predicted molar refractivity (Wildman–Crippen MR) is 102 cm³/mol. The number of hydrogen-bond donors (Lipinski definition) is 1. The number of nitrogens with one attached hydrogen (secondary N) is 1. The van der Waals surface area contributed by atoms with Crippen LogP contribution >= 0.6 is 11.3 Å². The summed E-state index contributed by atoms with van der Waals surface area (Å²) in [5.41, 5.74) is 1.88. The Kier molecular flexibility index (Phi) is 6.20. The zero-order valence-corrected chi connectivity index (χ0v) is 15.9. The molecule has 3 aromatic rings. The topological polar surface area (TPSA) is 90.7 Å². The largest absolute Gasteiger partial charge is 0.466 e. The van der Waals surface area contributed by atoms with Crippen molar-refractivity contribution >= 4 is 39.3 Å². The minimum absolute atomic E-state index is 0.0699. The number of carbonyl (C=O) groups is 2. The highest BCUT2D eigenvalue weighted by Gasteiger charge is 2.21. The highest BCUT2D eigenvalue weighted by atomic mass is 32.1. The van der Waals surface area contributed by atoms with Crippen LogP contribution in [0.4, 0.5) is 5.13 Å². The molecular formula is C19H20N2O5S. The molecule has 0 saturated heterocycles. The van der Waals surface area contributed by atoms with E-state index in [9.17, 15) is 9.59 Å². The van der Waals surface area contributed by atoms with Gasteiger partial charge in [0.05, 0.1) is 25.3 Å². The summed E-state index contributed by atoms with van der Waals surface area (Å²) in [5, 5.41) is 5.68. The van der Waals surface area contributed by atoms with E-state index in [0.717, 1.165) is 5.39 Å². The average Bonchev–Trinajstić information content (AvgIpc) is 3.24. The van der Waals surface area contributed by atoms with Crippen molar-refractivity contribution in [1.29, 1.82) is 0 Å². The molecule has 0 aliphatic carbocycles. The molecule has 3 rings (SSSR count). The van der Waals surface area contributed by atoms with Gasteiger partial charge in [-0.05, 0) is 19.9 Å². The number of nitrogens with zero attached hydrogens (tertiary/aromatic N) is 1. The molecule has 1 aromatic carbocycles. The Labute approximate surface area is 160 Å². The molecule has 2 aromatic heterocycles. The summed E-state index contributed by atoms with van der Waals surface area (Å²) in [4.78, 5) is 28.5. The lowest BCUT2D eigenvalue weighted by Crippen LogP contribution is -2.13. The van der Waals surface area contributed by atoms with E-state index < -0.39 is 5.91 Å². The summed E-state index contributed by atoms with van der Waals surface area (Å²) in [7, 11) is 0. The first-order chi connectivity index (χ1) is 13.1. The Morgan fingerprint density at radius 2 is 2.04 bits per heavy atom. The zero-order chi connectivity index (χ0) is 19.2. The highest BCUT2D eigenvalue weighted by molar-refractivity contribution is 7.14. The quantitative estimate of drug-likeness (QED) is 0.591. The van der Waals surface area contributed by atoms with Crippen LogP contribution in [0.25, 0.3) is 11.0 Å². The Morgan fingerprint density at radius 3 is 2.81 bits per heavy atom. The van der Waals surface area contributed by atoms with Crippen molar-refractivity contribution in [3.63, 3.8) is 0 Å². The molecule has 2 heterocycles. The SMILES string of the molecule is CCOCc1c(C(=O)Nc2nc(CC(=O)OCC)cs2)oc2ccccc12. The van der Waals surface area contributed by atoms with Gasteiger partial charge in [-0.1, -0.05) is 18.2 Å². The third-order valence-electron chi connectivity index (χ3n) is 3.76. The molecule has 0 atom stereocenters. The average molecular weight is 388 g/mol. The second-order valence-electron chi connectivity index (χ2n) is 5.62. The van der Waals surface area contributed by atoms with Crippen molar-refractivity contribution in [1.82, 2.24) is 4.98 Å². The summed E-state index contributed by atoms with van der Waals surface area (Å²) in [6, 6.07) is 7.44. The number of benzene rings is 1. The van der Waals surface area contributed by atoms with Gasteiger partial charge in [-0.25, -0.2) is 4.98 Å². The second-order valence-corrected chi connectivity index (χ2v) is 6.48. The minimum atomic E-state index is -0.405.